The van der Waals surface area contributed by atoms with Crippen molar-refractivity contribution in [3.8, 4) is 0 Å². The summed E-state index contributed by atoms with van der Waals surface area (Å²) in [5, 5.41) is 19.4. The van der Waals surface area contributed by atoms with Gasteiger partial charge >= 0.3 is 5.97 Å². The van der Waals surface area contributed by atoms with Crippen LogP contribution < -0.4 is 10.6 Å². The van der Waals surface area contributed by atoms with E-state index in [-0.39, 0.29) is 29.3 Å². The minimum Gasteiger partial charge on any atom is -0.481 e. The lowest BCUT2D eigenvalue weighted by Crippen LogP contribution is -2.50. The van der Waals surface area contributed by atoms with Crippen molar-refractivity contribution in [1.29, 1.82) is 0 Å². The predicted molar refractivity (Wildman–Crippen MR) is 121 cm³/mol. The molecule has 0 spiro atoms. The number of fused-ring (bicyclic) bond motifs is 4. The van der Waals surface area contributed by atoms with E-state index in [0.717, 1.165) is 19.3 Å². The van der Waals surface area contributed by atoms with Crippen LogP contribution in [0.25, 0.3) is 5.65 Å². The highest BCUT2D eigenvalue weighted by Crippen LogP contribution is 2.56. The Labute approximate surface area is 200 Å². The molecule has 0 aliphatic heterocycles. The van der Waals surface area contributed by atoms with Gasteiger partial charge in [-0.25, -0.2) is 14.5 Å². The minimum atomic E-state index is -0.715. The summed E-state index contributed by atoms with van der Waals surface area (Å²) >= 11 is 0. The number of pyridine rings is 1. The van der Waals surface area contributed by atoms with E-state index in [1.54, 1.807) is 12.1 Å². The van der Waals surface area contributed by atoms with Crippen molar-refractivity contribution in [2.24, 2.45) is 10.8 Å². The number of nitrogens with zero attached hydrogens (tertiary/aromatic N) is 4. The largest absolute Gasteiger partial charge is 0.481 e. The topological polar surface area (TPSA) is 139 Å². The van der Waals surface area contributed by atoms with Crippen LogP contribution in [0.4, 0.5) is 4.39 Å². The third-order valence-corrected chi connectivity index (χ3v) is 7.55. The Morgan fingerprint density at radius 3 is 2.43 bits per heavy atom. The Morgan fingerprint density at radius 1 is 1.00 bits per heavy atom. The summed E-state index contributed by atoms with van der Waals surface area (Å²) in [5.41, 5.74) is 0.379. The summed E-state index contributed by atoms with van der Waals surface area (Å²) in [7, 11) is 0. The van der Waals surface area contributed by atoms with Gasteiger partial charge in [-0.2, -0.15) is 9.49 Å². The quantitative estimate of drug-likeness (QED) is 0.441. The third-order valence-electron chi connectivity index (χ3n) is 7.55. The second-order valence-electron chi connectivity index (χ2n) is 9.57. The molecule has 3 aromatic heterocycles. The van der Waals surface area contributed by atoms with Gasteiger partial charge in [0.05, 0.1) is 11.6 Å². The Kier molecular flexibility index (Phi) is 5.70. The highest BCUT2D eigenvalue weighted by atomic mass is 19.1. The number of amides is 2. The summed E-state index contributed by atoms with van der Waals surface area (Å²) in [6.45, 7) is 0.508. The number of carboxylic acid groups (broad SMARTS) is 1. The predicted octanol–water partition coefficient (Wildman–Crippen LogP) is 2.35. The molecule has 0 unspecified atom stereocenters. The highest BCUT2D eigenvalue weighted by molar-refractivity contribution is 5.98. The monoisotopic (exact) mass is 480 g/mol. The third kappa shape index (κ3) is 4.33. The first-order chi connectivity index (χ1) is 16.8. The molecular weight excluding hydrogens is 455 g/mol. The van der Waals surface area contributed by atoms with E-state index in [1.807, 2.05) is 0 Å². The van der Waals surface area contributed by atoms with Crippen molar-refractivity contribution in [3.05, 3.63) is 59.6 Å². The van der Waals surface area contributed by atoms with Gasteiger partial charge in [0.1, 0.15) is 11.4 Å². The molecule has 10 nitrogen and oxygen atoms in total. The number of aromatic nitrogens is 4. The Morgan fingerprint density at radius 2 is 1.74 bits per heavy atom. The van der Waals surface area contributed by atoms with Crippen molar-refractivity contribution in [3.63, 3.8) is 0 Å². The fourth-order valence-corrected chi connectivity index (χ4v) is 5.22. The number of aliphatic carboxylic acids is 1. The molecule has 3 saturated carbocycles. The van der Waals surface area contributed by atoms with E-state index < -0.39 is 23.2 Å². The summed E-state index contributed by atoms with van der Waals surface area (Å²) in [4.78, 5) is 45.4. The number of carboxylic acids is 1. The van der Waals surface area contributed by atoms with Gasteiger partial charge in [0, 0.05) is 31.4 Å². The highest BCUT2D eigenvalue weighted by Gasteiger charge is 2.52. The van der Waals surface area contributed by atoms with Crippen molar-refractivity contribution < 1.29 is 23.9 Å². The molecule has 3 aliphatic rings. The lowest BCUT2D eigenvalue weighted by atomic mass is 9.53. The maximum atomic E-state index is 13.3. The van der Waals surface area contributed by atoms with Gasteiger partial charge in [-0.05, 0) is 61.6 Å². The summed E-state index contributed by atoms with van der Waals surface area (Å²) in [6.07, 6.45) is 6.97. The number of halogens is 1. The van der Waals surface area contributed by atoms with Crippen LogP contribution in [0.3, 0.4) is 0 Å². The summed E-state index contributed by atoms with van der Waals surface area (Å²) in [6, 6.07) is 5.79. The average Bonchev–Trinajstić information content (AvgIpc) is 3.35. The first-order valence-electron chi connectivity index (χ1n) is 11.5. The lowest BCUT2D eigenvalue weighted by Gasteiger charge is -2.51. The van der Waals surface area contributed by atoms with Crippen molar-refractivity contribution in [1.82, 2.24) is 30.2 Å². The molecule has 2 amide bonds. The van der Waals surface area contributed by atoms with Crippen LogP contribution in [0.1, 0.15) is 65.1 Å². The second kappa shape index (κ2) is 8.71. The van der Waals surface area contributed by atoms with E-state index in [1.165, 1.54) is 29.0 Å². The summed E-state index contributed by atoms with van der Waals surface area (Å²) in [5.74, 6) is -2.25. The van der Waals surface area contributed by atoms with Crippen LogP contribution in [-0.2, 0) is 11.3 Å². The minimum absolute atomic E-state index is 0.0393. The van der Waals surface area contributed by atoms with E-state index in [9.17, 15) is 23.9 Å². The van der Waals surface area contributed by atoms with Gasteiger partial charge < -0.3 is 15.7 Å². The zero-order valence-corrected chi connectivity index (χ0v) is 19.0. The maximum absolute atomic E-state index is 13.3. The molecule has 0 saturated heterocycles. The van der Waals surface area contributed by atoms with Gasteiger partial charge in [0.2, 0.25) is 5.95 Å². The molecule has 3 aromatic rings. The van der Waals surface area contributed by atoms with E-state index in [4.69, 9.17) is 0 Å². The van der Waals surface area contributed by atoms with Crippen molar-refractivity contribution >= 4 is 23.4 Å². The molecule has 182 valence electrons. The molecule has 6 rings (SSSR count). The van der Waals surface area contributed by atoms with Crippen molar-refractivity contribution in [2.45, 2.75) is 45.1 Å². The molecule has 3 aliphatic carbocycles. The fourth-order valence-electron chi connectivity index (χ4n) is 5.22. The van der Waals surface area contributed by atoms with Crippen LogP contribution in [0.2, 0.25) is 0 Å². The Bertz CT molecular complexity index is 1300. The maximum Gasteiger partial charge on any atom is 0.309 e. The number of hydrogen-bond acceptors (Lipinski definition) is 6. The van der Waals surface area contributed by atoms with Gasteiger partial charge in [-0.1, -0.05) is 0 Å². The normalized spacial score (nSPS) is 23.2. The molecule has 3 heterocycles. The molecule has 3 fully saturated rings. The zero-order valence-electron chi connectivity index (χ0n) is 19.0. The van der Waals surface area contributed by atoms with Crippen LogP contribution in [0.5, 0.6) is 0 Å². The smallest absolute Gasteiger partial charge is 0.309 e. The van der Waals surface area contributed by atoms with Gasteiger partial charge in [-0.3, -0.25) is 14.4 Å². The number of carbonyl (C=O) groups is 3. The van der Waals surface area contributed by atoms with Gasteiger partial charge in [0.25, 0.3) is 11.8 Å². The molecule has 2 bridgehead atoms. The van der Waals surface area contributed by atoms with Crippen LogP contribution in [0.15, 0.2) is 36.7 Å². The summed E-state index contributed by atoms with van der Waals surface area (Å²) < 4.78 is 14.7. The first-order valence-corrected chi connectivity index (χ1v) is 11.5. The molecule has 0 aromatic carbocycles. The standard InChI is InChI=1S/C24H25FN6O4/c25-18-11-15(1-9-26-18)13-27-20(32)16-12-17(31-19(30-16)2-10-29-31)21(33)28-14-23-3-6-24(7-4-23,8-5-23)22(34)35/h1-2,9-12H,3-8,13-14H2,(H,27,32)(H,28,33)(H,34,35). The van der Waals surface area contributed by atoms with Gasteiger partial charge in [0.15, 0.2) is 5.65 Å². The van der Waals surface area contributed by atoms with Gasteiger partial charge in [-0.15, -0.1) is 0 Å². The van der Waals surface area contributed by atoms with Crippen molar-refractivity contribution in [2.75, 3.05) is 6.54 Å². The fraction of sp³-hybridized carbons (Fsp3) is 0.417. The molecule has 3 N–H and O–H groups in total. The number of nitrogens with one attached hydrogen (secondary N) is 2. The molecule has 11 heteroatoms. The Balaban J connectivity index is 1.29. The molecular formula is C24H25FN6O4. The molecule has 0 radical (unpaired) electrons. The number of hydrogen-bond donors (Lipinski definition) is 3. The number of rotatable bonds is 7. The molecule has 35 heavy (non-hydrogen) atoms. The molecule has 0 atom stereocenters. The van der Waals surface area contributed by atoms with E-state index in [2.05, 4.69) is 25.7 Å². The second-order valence-corrected chi connectivity index (χ2v) is 9.57. The van der Waals surface area contributed by atoms with E-state index in [0.29, 0.717) is 37.0 Å². The number of carbonyl (C=O) groups excluding carboxylic acids is 2. The SMILES string of the molecule is O=C(NCc1ccnc(F)c1)c1cc(C(=O)NCC23CCC(C(=O)O)(CC2)CC3)n2nccc2n1. The lowest BCUT2D eigenvalue weighted by molar-refractivity contribution is -0.158. The van der Waals surface area contributed by atoms with Crippen LogP contribution in [-0.4, -0.2) is 49.0 Å². The Hall–Kier alpha value is -3.89. The van der Waals surface area contributed by atoms with E-state index >= 15 is 0 Å². The average molecular weight is 481 g/mol. The van der Waals surface area contributed by atoms with Crippen LogP contribution >= 0.6 is 0 Å². The zero-order chi connectivity index (χ0) is 24.6. The van der Waals surface area contributed by atoms with Crippen LogP contribution in [0, 0.1) is 16.8 Å². The first kappa shape index (κ1) is 22.9.